The van der Waals surface area contributed by atoms with E-state index in [1.54, 1.807) is 11.3 Å². The number of nitrogens with one attached hydrogen (secondary N) is 1. The van der Waals surface area contributed by atoms with E-state index < -0.39 is 5.97 Å². The minimum atomic E-state index is -0.711. The molecule has 2 aromatic rings. The van der Waals surface area contributed by atoms with Crippen LogP contribution in [0.2, 0.25) is 0 Å². The summed E-state index contributed by atoms with van der Waals surface area (Å²) in [5.41, 5.74) is 2.41. The number of thiazole rings is 1. The normalized spacial score (nSPS) is 16.5. The van der Waals surface area contributed by atoms with Crippen molar-refractivity contribution >= 4 is 22.3 Å². The van der Waals surface area contributed by atoms with Gasteiger partial charge >= 0.3 is 5.97 Å². The van der Waals surface area contributed by atoms with Crippen LogP contribution < -0.4 is 5.32 Å². The van der Waals surface area contributed by atoms with Gasteiger partial charge in [-0.15, -0.1) is 11.3 Å². The van der Waals surface area contributed by atoms with Gasteiger partial charge in [-0.2, -0.15) is 0 Å². The predicted octanol–water partition coefficient (Wildman–Crippen LogP) is 3.11. The molecule has 6 heteroatoms. The standard InChI is InChI=1S/C16H23N3O2S/c1-10(2)7-12(15(20)21)8-17-9-13-14(11-3-4-11)18-16-19(13)5-6-22-16/h5-6,10-12,17H,3-4,7-9H2,1-2H3,(H,20,21). The van der Waals surface area contributed by atoms with Crippen molar-refractivity contribution in [2.75, 3.05) is 6.54 Å². The molecule has 22 heavy (non-hydrogen) atoms. The molecule has 1 atom stereocenters. The molecule has 0 aromatic carbocycles. The fourth-order valence-corrected chi connectivity index (χ4v) is 3.65. The van der Waals surface area contributed by atoms with Gasteiger partial charge in [0.2, 0.25) is 0 Å². The number of hydrogen-bond donors (Lipinski definition) is 2. The fourth-order valence-electron chi connectivity index (χ4n) is 2.91. The summed E-state index contributed by atoms with van der Waals surface area (Å²) in [7, 11) is 0. The molecule has 0 saturated heterocycles. The number of nitrogens with zero attached hydrogens (tertiary/aromatic N) is 2. The third kappa shape index (κ3) is 3.33. The van der Waals surface area contributed by atoms with Crippen LogP contribution in [0.3, 0.4) is 0 Å². The highest BCUT2D eigenvalue weighted by atomic mass is 32.1. The van der Waals surface area contributed by atoms with E-state index in [1.807, 2.05) is 5.38 Å². The van der Waals surface area contributed by atoms with Crippen molar-refractivity contribution in [2.45, 2.75) is 45.6 Å². The third-order valence-electron chi connectivity index (χ3n) is 4.14. The van der Waals surface area contributed by atoms with Crippen LogP contribution in [0.25, 0.3) is 4.96 Å². The first-order valence-corrected chi connectivity index (χ1v) is 8.82. The van der Waals surface area contributed by atoms with Crippen LogP contribution in [0, 0.1) is 11.8 Å². The van der Waals surface area contributed by atoms with Gasteiger partial charge in [-0.25, -0.2) is 4.98 Å². The minimum absolute atomic E-state index is 0.324. The topological polar surface area (TPSA) is 66.6 Å². The molecule has 3 rings (SSSR count). The highest BCUT2D eigenvalue weighted by molar-refractivity contribution is 7.15. The summed E-state index contributed by atoms with van der Waals surface area (Å²) >= 11 is 1.65. The number of aromatic nitrogens is 2. The van der Waals surface area contributed by atoms with Crippen LogP contribution in [0.1, 0.15) is 50.4 Å². The summed E-state index contributed by atoms with van der Waals surface area (Å²) in [5, 5.41) is 14.7. The third-order valence-corrected chi connectivity index (χ3v) is 4.90. The average molecular weight is 321 g/mol. The highest BCUT2D eigenvalue weighted by Gasteiger charge is 2.30. The Bertz CT molecular complexity index is 657. The molecular formula is C16H23N3O2S. The van der Waals surface area contributed by atoms with Gasteiger partial charge in [0.15, 0.2) is 4.96 Å². The lowest BCUT2D eigenvalue weighted by Gasteiger charge is -2.15. The number of fused-ring (bicyclic) bond motifs is 1. The molecule has 1 aliphatic rings. The first-order valence-electron chi connectivity index (χ1n) is 7.94. The zero-order valence-electron chi connectivity index (χ0n) is 13.1. The molecule has 2 aromatic heterocycles. The van der Waals surface area contributed by atoms with Crippen LogP contribution in [-0.2, 0) is 11.3 Å². The van der Waals surface area contributed by atoms with Crippen molar-refractivity contribution < 1.29 is 9.90 Å². The van der Waals surface area contributed by atoms with E-state index in [-0.39, 0.29) is 5.92 Å². The summed E-state index contributed by atoms with van der Waals surface area (Å²) in [4.78, 5) is 17.1. The molecule has 2 heterocycles. The fraction of sp³-hybridized carbons (Fsp3) is 0.625. The largest absolute Gasteiger partial charge is 0.481 e. The Labute approximate surface area is 134 Å². The first kappa shape index (κ1) is 15.5. The van der Waals surface area contributed by atoms with Crippen molar-refractivity contribution in [1.29, 1.82) is 0 Å². The summed E-state index contributed by atoms with van der Waals surface area (Å²) in [5.74, 6) is -0.0360. The van der Waals surface area contributed by atoms with Crippen molar-refractivity contribution in [3.63, 3.8) is 0 Å². The van der Waals surface area contributed by atoms with E-state index in [9.17, 15) is 9.90 Å². The van der Waals surface area contributed by atoms with Crippen LogP contribution >= 0.6 is 11.3 Å². The molecule has 120 valence electrons. The van der Waals surface area contributed by atoms with E-state index in [1.165, 1.54) is 24.2 Å². The van der Waals surface area contributed by atoms with Gasteiger partial charge in [-0.1, -0.05) is 13.8 Å². The molecule has 2 N–H and O–H groups in total. The Morgan fingerprint density at radius 2 is 2.32 bits per heavy atom. The monoisotopic (exact) mass is 321 g/mol. The second-order valence-corrected chi connectivity index (χ2v) is 7.44. The zero-order valence-corrected chi connectivity index (χ0v) is 13.9. The number of carboxylic acids is 1. The molecule has 0 aliphatic heterocycles. The predicted molar refractivity (Wildman–Crippen MR) is 87.3 cm³/mol. The molecule has 0 radical (unpaired) electrons. The van der Waals surface area contributed by atoms with Gasteiger partial charge in [-0.3, -0.25) is 9.20 Å². The van der Waals surface area contributed by atoms with Crippen LogP contribution in [0.15, 0.2) is 11.6 Å². The Morgan fingerprint density at radius 1 is 1.55 bits per heavy atom. The van der Waals surface area contributed by atoms with E-state index in [4.69, 9.17) is 4.98 Å². The second-order valence-electron chi connectivity index (χ2n) is 6.57. The number of aliphatic carboxylic acids is 1. The Morgan fingerprint density at radius 3 is 2.95 bits per heavy atom. The van der Waals surface area contributed by atoms with Crippen molar-refractivity contribution in [2.24, 2.45) is 11.8 Å². The van der Waals surface area contributed by atoms with Gasteiger partial charge in [0.1, 0.15) is 0 Å². The SMILES string of the molecule is CC(C)CC(CNCc1c(C2CC2)nc2sccn12)C(=O)O. The molecule has 0 spiro atoms. The summed E-state index contributed by atoms with van der Waals surface area (Å²) in [6, 6.07) is 0. The molecule has 0 bridgehead atoms. The number of carbonyl (C=O) groups is 1. The number of rotatable bonds is 8. The highest BCUT2D eigenvalue weighted by Crippen LogP contribution is 2.41. The number of hydrogen-bond acceptors (Lipinski definition) is 4. The van der Waals surface area contributed by atoms with E-state index in [2.05, 4.69) is 29.8 Å². The van der Waals surface area contributed by atoms with Crippen molar-refractivity contribution in [1.82, 2.24) is 14.7 Å². The number of carboxylic acid groups (broad SMARTS) is 1. The van der Waals surface area contributed by atoms with Crippen molar-refractivity contribution in [3.05, 3.63) is 23.0 Å². The van der Waals surface area contributed by atoms with Gasteiger partial charge in [0, 0.05) is 30.6 Å². The molecule has 1 aliphatic carbocycles. The zero-order chi connectivity index (χ0) is 15.7. The van der Waals surface area contributed by atoms with Gasteiger partial charge < -0.3 is 10.4 Å². The first-order chi connectivity index (χ1) is 10.6. The maximum atomic E-state index is 11.3. The van der Waals surface area contributed by atoms with E-state index >= 15 is 0 Å². The lowest BCUT2D eigenvalue weighted by molar-refractivity contribution is -0.142. The van der Waals surface area contributed by atoms with Gasteiger partial charge in [0.05, 0.1) is 17.3 Å². The lowest BCUT2D eigenvalue weighted by Crippen LogP contribution is -2.29. The summed E-state index contributed by atoms with van der Waals surface area (Å²) in [6.07, 6.45) is 5.21. The Kier molecular flexibility index (Phi) is 4.49. The maximum absolute atomic E-state index is 11.3. The van der Waals surface area contributed by atoms with Gasteiger partial charge in [-0.05, 0) is 25.2 Å². The van der Waals surface area contributed by atoms with Crippen LogP contribution in [0.4, 0.5) is 0 Å². The maximum Gasteiger partial charge on any atom is 0.307 e. The van der Waals surface area contributed by atoms with E-state index in [0.717, 1.165) is 4.96 Å². The molecule has 1 saturated carbocycles. The number of imidazole rings is 1. The molecular weight excluding hydrogens is 298 g/mol. The van der Waals surface area contributed by atoms with Crippen molar-refractivity contribution in [3.8, 4) is 0 Å². The van der Waals surface area contributed by atoms with Crippen LogP contribution in [0.5, 0.6) is 0 Å². The molecule has 0 amide bonds. The minimum Gasteiger partial charge on any atom is -0.481 e. The summed E-state index contributed by atoms with van der Waals surface area (Å²) < 4.78 is 2.14. The van der Waals surface area contributed by atoms with Gasteiger partial charge in [0.25, 0.3) is 0 Å². The molecule has 5 nitrogen and oxygen atoms in total. The summed E-state index contributed by atoms with van der Waals surface area (Å²) in [6.45, 7) is 5.32. The smallest absolute Gasteiger partial charge is 0.307 e. The van der Waals surface area contributed by atoms with Crippen LogP contribution in [-0.4, -0.2) is 27.0 Å². The Balaban J connectivity index is 1.66. The molecule has 1 unspecified atom stereocenters. The Hall–Kier alpha value is -1.40. The second kappa shape index (κ2) is 6.38. The molecule has 1 fully saturated rings. The average Bonchev–Trinajstić information content (AvgIpc) is 3.09. The lowest BCUT2D eigenvalue weighted by atomic mass is 9.97. The van der Waals surface area contributed by atoms with E-state index in [0.29, 0.717) is 31.3 Å². The quantitative estimate of drug-likeness (QED) is 0.784.